The predicted molar refractivity (Wildman–Crippen MR) is 84.1 cm³/mol. The smallest absolute Gasteiger partial charge is 0.314 e. The SMILES string of the molecule is Cl.Cl.Fc1c(Cl)ccc(C(F)(F)F)c1[C@H](N1CCNCC1)C(F)(F)F. The highest BCUT2D eigenvalue weighted by atomic mass is 35.5. The number of nitrogens with one attached hydrogen (secondary N) is 1. The molecule has 0 amide bonds. The summed E-state index contributed by atoms with van der Waals surface area (Å²) < 4.78 is 93.7. The lowest BCUT2D eigenvalue weighted by Crippen LogP contribution is -2.49. The van der Waals surface area contributed by atoms with E-state index >= 15 is 0 Å². The second kappa shape index (κ2) is 8.94. The van der Waals surface area contributed by atoms with Crippen LogP contribution in [0.5, 0.6) is 0 Å². The quantitative estimate of drug-likeness (QED) is 0.666. The van der Waals surface area contributed by atoms with Gasteiger partial charge >= 0.3 is 12.4 Å². The number of hydrogen-bond donors (Lipinski definition) is 1. The lowest BCUT2D eigenvalue weighted by Gasteiger charge is -2.37. The first-order chi connectivity index (χ1) is 10.5. The Bertz CT molecular complexity index is 572. The van der Waals surface area contributed by atoms with Crippen LogP contribution in [0.25, 0.3) is 0 Å². The van der Waals surface area contributed by atoms with Gasteiger partial charge in [0.2, 0.25) is 0 Å². The van der Waals surface area contributed by atoms with Gasteiger partial charge in [-0.3, -0.25) is 4.90 Å². The van der Waals surface area contributed by atoms with Crippen LogP contribution in [0.3, 0.4) is 0 Å². The van der Waals surface area contributed by atoms with Gasteiger partial charge in [0.25, 0.3) is 0 Å². The number of piperazine rings is 1. The fourth-order valence-corrected chi connectivity index (χ4v) is 2.74. The molecule has 0 radical (unpaired) electrons. The van der Waals surface area contributed by atoms with Crippen LogP contribution in [0.4, 0.5) is 30.7 Å². The van der Waals surface area contributed by atoms with Gasteiger partial charge in [-0.1, -0.05) is 11.6 Å². The zero-order chi connectivity index (χ0) is 17.4. The van der Waals surface area contributed by atoms with E-state index in [9.17, 15) is 30.7 Å². The van der Waals surface area contributed by atoms with Crippen molar-refractivity contribution in [1.29, 1.82) is 0 Å². The molecule has 2 rings (SSSR count). The molecule has 25 heavy (non-hydrogen) atoms. The standard InChI is InChI=1S/C13H12ClF7N2.2ClH/c14-8-2-1-7(12(16,17)18)9(10(8)15)11(13(19,20)21)23-5-3-22-4-6-23;;/h1-2,11,22H,3-6H2;2*1H/t11-;;/m0../s1. The van der Waals surface area contributed by atoms with E-state index in [2.05, 4.69) is 5.32 Å². The Balaban J connectivity index is 0.00000288. The van der Waals surface area contributed by atoms with E-state index in [1.54, 1.807) is 0 Å². The van der Waals surface area contributed by atoms with Gasteiger partial charge in [0.1, 0.15) is 11.9 Å². The molecule has 0 bridgehead atoms. The second-order valence-electron chi connectivity index (χ2n) is 5.05. The van der Waals surface area contributed by atoms with Crippen LogP contribution < -0.4 is 5.32 Å². The molecule has 1 saturated heterocycles. The van der Waals surface area contributed by atoms with Crippen molar-refractivity contribution in [2.24, 2.45) is 0 Å². The number of nitrogens with zero attached hydrogens (tertiary/aromatic N) is 1. The molecule has 2 nitrogen and oxygen atoms in total. The summed E-state index contributed by atoms with van der Waals surface area (Å²) in [7, 11) is 0. The summed E-state index contributed by atoms with van der Waals surface area (Å²) in [6.45, 7) is 0.00703. The molecule has 1 aliphatic rings. The summed E-state index contributed by atoms with van der Waals surface area (Å²) in [6.07, 6.45) is -10.2. The first-order valence-electron chi connectivity index (χ1n) is 6.60. The topological polar surface area (TPSA) is 15.3 Å². The molecule has 1 atom stereocenters. The monoisotopic (exact) mass is 436 g/mol. The third-order valence-corrected chi connectivity index (χ3v) is 3.83. The third kappa shape index (κ3) is 5.50. The maximum Gasteiger partial charge on any atom is 0.416 e. The van der Waals surface area contributed by atoms with Gasteiger partial charge in [0.05, 0.1) is 10.6 Å². The zero-order valence-corrected chi connectivity index (χ0v) is 14.7. The minimum absolute atomic E-state index is 0. The Kier molecular flexibility index (Phi) is 8.77. The van der Waals surface area contributed by atoms with Crippen molar-refractivity contribution in [3.8, 4) is 0 Å². The van der Waals surface area contributed by atoms with E-state index in [-0.39, 0.29) is 51.0 Å². The van der Waals surface area contributed by atoms with Gasteiger partial charge in [-0.25, -0.2) is 4.39 Å². The molecule has 1 aromatic carbocycles. The molecule has 12 heteroatoms. The summed E-state index contributed by atoms with van der Waals surface area (Å²) in [5, 5.41) is 2.01. The predicted octanol–water partition coefficient (Wildman–Crippen LogP) is 4.85. The van der Waals surface area contributed by atoms with Crippen LogP contribution in [0.15, 0.2) is 12.1 Å². The average molecular weight is 438 g/mol. The molecular formula is C13H14Cl3F7N2. The molecule has 146 valence electrons. The Labute approximate surface area is 156 Å². The summed E-state index contributed by atoms with van der Waals surface area (Å²) >= 11 is 5.43. The number of alkyl halides is 6. The minimum Gasteiger partial charge on any atom is -0.314 e. The van der Waals surface area contributed by atoms with Crippen molar-refractivity contribution in [2.75, 3.05) is 26.2 Å². The van der Waals surface area contributed by atoms with Gasteiger partial charge in [0, 0.05) is 31.7 Å². The number of rotatable bonds is 2. The van der Waals surface area contributed by atoms with Gasteiger partial charge in [-0.05, 0) is 12.1 Å². The Morgan fingerprint density at radius 2 is 1.52 bits per heavy atom. The van der Waals surface area contributed by atoms with Crippen LogP contribution in [-0.2, 0) is 6.18 Å². The normalized spacial score (nSPS) is 17.4. The molecule has 1 N–H and O–H groups in total. The molecule has 0 spiro atoms. The molecule has 0 aromatic heterocycles. The van der Waals surface area contributed by atoms with E-state index in [4.69, 9.17) is 11.6 Å². The van der Waals surface area contributed by atoms with Gasteiger partial charge in [0.15, 0.2) is 0 Å². The van der Waals surface area contributed by atoms with Gasteiger partial charge in [-0.15, -0.1) is 24.8 Å². The third-order valence-electron chi connectivity index (χ3n) is 3.54. The largest absolute Gasteiger partial charge is 0.416 e. The van der Waals surface area contributed by atoms with Crippen LogP contribution in [0.1, 0.15) is 17.2 Å². The van der Waals surface area contributed by atoms with Crippen LogP contribution in [0.2, 0.25) is 5.02 Å². The van der Waals surface area contributed by atoms with Crippen molar-refractivity contribution < 1.29 is 30.7 Å². The maximum atomic E-state index is 14.2. The summed E-state index contributed by atoms with van der Waals surface area (Å²) in [5.41, 5.74) is -3.14. The fourth-order valence-electron chi connectivity index (χ4n) is 2.57. The molecule has 1 aromatic rings. The van der Waals surface area contributed by atoms with Crippen molar-refractivity contribution >= 4 is 36.4 Å². The molecule has 0 unspecified atom stereocenters. The summed E-state index contributed by atoms with van der Waals surface area (Å²) in [5.74, 6) is -1.69. The fraction of sp³-hybridized carbons (Fsp3) is 0.538. The number of hydrogen-bond acceptors (Lipinski definition) is 2. The van der Waals surface area contributed by atoms with Crippen LogP contribution in [0, 0.1) is 5.82 Å². The Morgan fingerprint density at radius 3 is 1.96 bits per heavy atom. The van der Waals surface area contributed by atoms with Gasteiger partial charge in [-0.2, -0.15) is 26.3 Å². The first-order valence-corrected chi connectivity index (χ1v) is 6.98. The minimum atomic E-state index is -5.13. The van der Waals surface area contributed by atoms with Crippen LogP contribution in [-0.4, -0.2) is 37.3 Å². The molecule has 0 saturated carbocycles. The Hall–Kier alpha value is -0.480. The molecule has 1 aliphatic heterocycles. The highest BCUT2D eigenvalue weighted by Crippen LogP contribution is 2.45. The number of benzene rings is 1. The molecule has 1 heterocycles. The van der Waals surface area contributed by atoms with E-state index < -0.39 is 40.4 Å². The molecular weight excluding hydrogens is 424 g/mol. The van der Waals surface area contributed by atoms with Crippen molar-refractivity contribution in [3.05, 3.63) is 34.1 Å². The maximum absolute atomic E-state index is 14.2. The zero-order valence-electron chi connectivity index (χ0n) is 12.3. The van der Waals surface area contributed by atoms with Crippen molar-refractivity contribution in [2.45, 2.75) is 18.4 Å². The number of halogens is 10. The van der Waals surface area contributed by atoms with E-state index in [1.165, 1.54) is 0 Å². The summed E-state index contributed by atoms with van der Waals surface area (Å²) in [4.78, 5) is 0.778. The highest BCUT2D eigenvalue weighted by Gasteiger charge is 2.50. The van der Waals surface area contributed by atoms with Crippen molar-refractivity contribution in [1.82, 2.24) is 10.2 Å². The molecule has 0 aliphatic carbocycles. The first kappa shape index (κ1) is 24.5. The lowest BCUT2D eigenvalue weighted by molar-refractivity contribution is -0.191. The Morgan fingerprint density at radius 1 is 1.00 bits per heavy atom. The second-order valence-corrected chi connectivity index (χ2v) is 5.46. The molecule has 1 fully saturated rings. The van der Waals surface area contributed by atoms with E-state index in [0.29, 0.717) is 12.1 Å². The average Bonchev–Trinajstić information content (AvgIpc) is 2.42. The van der Waals surface area contributed by atoms with Gasteiger partial charge < -0.3 is 5.32 Å². The summed E-state index contributed by atoms with van der Waals surface area (Å²) in [6, 6.07) is -1.73. The highest BCUT2D eigenvalue weighted by molar-refractivity contribution is 6.30. The van der Waals surface area contributed by atoms with E-state index in [0.717, 1.165) is 4.90 Å². The van der Waals surface area contributed by atoms with Crippen molar-refractivity contribution in [3.63, 3.8) is 0 Å². The lowest BCUT2D eigenvalue weighted by atomic mass is 9.96. The van der Waals surface area contributed by atoms with E-state index in [1.807, 2.05) is 0 Å². The van der Waals surface area contributed by atoms with Crippen LogP contribution >= 0.6 is 36.4 Å².